The highest BCUT2D eigenvalue weighted by atomic mass is 16.6. The number of hydrogen-bond acceptors (Lipinski definition) is 5. The molecule has 1 atom stereocenters. The molecule has 150 valence electrons. The number of carbonyl (C=O) groups is 2. The molecule has 2 N–H and O–H groups in total. The summed E-state index contributed by atoms with van der Waals surface area (Å²) in [5, 5.41) is 5.90. The van der Waals surface area contributed by atoms with E-state index >= 15 is 0 Å². The van der Waals surface area contributed by atoms with Crippen molar-refractivity contribution in [1.29, 1.82) is 0 Å². The van der Waals surface area contributed by atoms with Crippen molar-refractivity contribution < 1.29 is 19.1 Å². The first-order valence-corrected chi connectivity index (χ1v) is 9.40. The van der Waals surface area contributed by atoms with Gasteiger partial charge < -0.3 is 20.1 Å². The summed E-state index contributed by atoms with van der Waals surface area (Å²) in [7, 11) is 0. The van der Waals surface area contributed by atoms with Crippen molar-refractivity contribution in [3.05, 3.63) is 23.8 Å². The van der Waals surface area contributed by atoms with Gasteiger partial charge in [-0.2, -0.15) is 0 Å². The van der Waals surface area contributed by atoms with Crippen molar-refractivity contribution in [3.63, 3.8) is 0 Å². The van der Waals surface area contributed by atoms with E-state index < -0.39 is 0 Å². The van der Waals surface area contributed by atoms with Crippen LogP contribution in [0.2, 0.25) is 0 Å². The van der Waals surface area contributed by atoms with Gasteiger partial charge in [0.15, 0.2) is 11.5 Å². The van der Waals surface area contributed by atoms with Gasteiger partial charge in [0.2, 0.25) is 11.8 Å². The van der Waals surface area contributed by atoms with Gasteiger partial charge in [0.25, 0.3) is 0 Å². The van der Waals surface area contributed by atoms with Gasteiger partial charge >= 0.3 is 0 Å². The minimum absolute atomic E-state index is 0.0861. The fraction of sp³-hybridized carbons (Fsp3) is 0.600. The molecule has 0 saturated heterocycles. The van der Waals surface area contributed by atoms with Crippen LogP contribution in [0, 0.1) is 0 Å². The summed E-state index contributed by atoms with van der Waals surface area (Å²) in [5.41, 5.74) is 0.659. The molecule has 0 bridgehead atoms. The minimum Gasteiger partial charge on any atom is -0.486 e. The third-order valence-electron chi connectivity index (χ3n) is 4.14. The first-order chi connectivity index (χ1) is 12.7. The summed E-state index contributed by atoms with van der Waals surface area (Å²) in [5.74, 6) is 1.22. The number of benzene rings is 1. The summed E-state index contributed by atoms with van der Waals surface area (Å²) in [6.45, 7) is 11.7. The molecule has 27 heavy (non-hydrogen) atoms. The number of ether oxygens (including phenoxy) is 2. The lowest BCUT2D eigenvalue weighted by atomic mass is 10.1. The molecule has 0 spiro atoms. The number of amides is 2. The van der Waals surface area contributed by atoms with Gasteiger partial charge in [0, 0.05) is 5.54 Å². The second kappa shape index (κ2) is 9.08. The quantitative estimate of drug-likeness (QED) is 0.758. The Morgan fingerprint density at radius 2 is 1.74 bits per heavy atom. The fourth-order valence-corrected chi connectivity index (χ4v) is 2.84. The first kappa shape index (κ1) is 21.0. The Kier molecular flexibility index (Phi) is 7.07. The van der Waals surface area contributed by atoms with E-state index in [9.17, 15) is 9.59 Å². The van der Waals surface area contributed by atoms with Crippen molar-refractivity contribution >= 4 is 11.8 Å². The van der Waals surface area contributed by atoms with Crippen molar-refractivity contribution in [2.24, 2.45) is 0 Å². The molecular formula is C20H31N3O4. The highest BCUT2D eigenvalue weighted by molar-refractivity contribution is 5.81. The maximum atomic E-state index is 12.4. The molecule has 1 aromatic rings. The molecule has 0 aromatic heterocycles. The number of likely N-dealkylation sites (N-methyl/N-ethyl adjacent to an activating group) is 1. The zero-order chi connectivity index (χ0) is 20.0. The van der Waals surface area contributed by atoms with E-state index in [0.717, 1.165) is 11.3 Å². The highest BCUT2D eigenvalue weighted by Gasteiger charge is 2.19. The Bertz CT molecular complexity index is 670. The summed E-state index contributed by atoms with van der Waals surface area (Å²) in [4.78, 5) is 26.3. The van der Waals surface area contributed by atoms with Crippen LogP contribution < -0.4 is 20.1 Å². The Balaban J connectivity index is 1.88. The van der Waals surface area contributed by atoms with Crippen LogP contribution in [0.1, 0.15) is 46.2 Å². The van der Waals surface area contributed by atoms with Crippen molar-refractivity contribution in [1.82, 2.24) is 15.5 Å². The number of carbonyl (C=O) groups excluding carboxylic acids is 2. The number of fused-ring (bicyclic) bond motifs is 1. The van der Waals surface area contributed by atoms with E-state index in [1.165, 1.54) is 0 Å². The number of rotatable bonds is 7. The Morgan fingerprint density at radius 1 is 1.11 bits per heavy atom. The van der Waals surface area contributed by atoms with Gasteiger partial charge in [-0.3, -0.25) is 14.5 Å². The number of nitrogens with zero attached hydrogens (tertiary/aromatic N) is 1. The van der Waals surface area contributed by atoms with Crippen LogP contribution in [-0.4, -0.2) is 55.1 Å². The molecule has 2 rings (SSSR count). The predicted octanol–water partition coefficient (Wildman–Crippen LogP) is 1.87. The normalized spacial score (nSPS) is 14.6. The van der Waals surface area contributed by atoms with Crippen LogP contribution >= 0.6 is 0 Å². The molecule has 1 aliphatic heterocycles. The van der Waals surface area contributed by atoms with Crippen LogP contribution in [-0.2, 0) is 9.59 Å². The van der Waals surface area contributed by atoms with Crippen LogP contribution in [0.5, 0.6) is 11.5 Å². The second-order valence-corrected chi connectivity index (χ2v) is 7.79. The number of nitrogens with one attached hydrogen (secondary N) is 2. The molecule has 1 aliphatic rings. The molecule has 0 fully saturated rings. The Morgan fingerprint density at radius 3 is 2.37 bits per heavy atom. The molecule has 0 aliphatic carbocycles. The summed E-state index contributed by atoms with van der Waals surface area (Å²) in [6, 6.07) is 5.51. The average Bonchev–Trinajstić information content (AvgIpc) is 2.58. The first-order valence-electron chi connectivity index (χ1n) is 9.40. The van der Waals surface area contributed by atoms with Gasteiger partial charge in [-0.15, -0.1) is 0 Å². The third-order valence-corrected chi connectivity index (χ3v) is 4.14. The molecule has 7 nitrogen and oxygen atoms in total. The largest absolute Gasteiger partial charge is 0.486 e. The molecular weight excluding hydrogens is 346 g/mol. The van der Waals surface area contributed by atoms with Gasteiger partial charge in [-0.25, -0.2) is 0 Å². The van der Waals surface area contributed by atoms with E-state index in [2.05, 4.69) is 10.6 Å². The molecule has 1 heterocycles. The van der Waals surface area contributed by atoms with Crippen molar-refractivity contribution in [2.45, 2.75) is 46.2 Å². The maximum Gasteiger partial charge on any atom is 0.234 e. The maximum absolute atomic E-state index is 12.4. The topological polar surface area (TPSA) is 79.9 Å². The van der Waals surface area contributed by atoms with Crippen LogP contribution in [0.3, 0.4) is 0 Å². The molecule has 0 saturated carbocycles. The van der Waals surface area contributed by atoms with Gasteiger partial charge in [0.05, 0.1) is 19.1 Å². The van der Waals surface area contributed by atoms with E-state index in [0.29, 0.717) is 25.5 Å². The van der Waals surface area contributed by atoms with Gasteiger partial charge in [0.1, 0.15) is 13.2 Å². The molecule has 2 amide bonds. The van der Waals surface area contributed by atoms with Crippen molar-refractivity contribution in [2.75, 3.05) is 32.8 Å². The van der Waals surface area contributed by atoms with E-state index in [1.807, 2.05) is 57.7 Å². The highest BCUT2D eigenvalue weighted by Crippen LogP contribution is 2.32. The molecule has 1 unspecified atom stereocenters. The lowest BCUT2D eigenvalue weighted by molar-refractivity contribution is -0.126. The van der Waals surface area contributed by atoms with Crippen LogP contribution in [0.15, 0.2) is 18.2 Å². The second-order valence-electron chi connectivity index (χ2n) is 7.79. The summed E-state index contributed by atoms with van der Waals surface area (Å²) in [6.07, 6.45) is 0. The molecule has 1 aromatic carbocycles. The summed E-state index contributed by atoms with van der Waals surface area (Å²) >= 11 is 0. The van der Waals surface area contributed by atoms with Crippen LogP contribution in [0.4, 0.5) is 0 Å². The zero-order valence-corrected chi connectivity index (χ0v) is 16.9. The van der Waals surface area contributed by atoms with Gasteiger partial charge in [-0.05, 0) is 51.9 Å². The van der Waals surface area contributed by atoms with Gasteiger partial charge in [-0.1, -0.05) is 13.0 Å². The standard InChI is InChI=1S/C20H31N3O4/c1-6-23(13-19(25)22-20(3,4)5)12-18(24)21-14(2)15-7-8-16-17(11-15)27-10-9-26-16/h7-8,11,14H,6,9-10,12-13H2,1-5H3,(H,21,24)(H,22,25). The SMILES string of the molecule is CCN(CC(=O)NC(C)c1ccc2c(c1)OCCO2)CC(=O)NC(C)(C)C. The predicted molar refractivity (Wildman–Crippen MR) is 104 cm³/mol. The molecule has 0 radical (unpaired) electrons. The lowest BCUT2D eigenvalue weighted by Gasteiger charge is -2.25. The monoisotopic (exact) mass is 377 g/mol. The van der Waals surface area contributed by atoms with E-state index in [4.69, 9.17) is 9.47 Å². The van der Waals surface area contributed by atoms with Crippen molar-refractivity contribution in [3.8, 4) is 11.5 Å². The third kappa shape index (κ3) is 6.75. The van der Waals surface area contributed by atoms with Crippen LogP contribution in [0.25, 0.3) is 0 Å². The minimum atomic E-state index is -0.286. The smallest absolute Gasteiger partial charge is 0.234 e. The fourth-order valence-electron chi connectivity index (χ4n) is 2.84. The zero-order valence-electron chi connectivity index (χ0n) is 16.9. The molecule has 7 heteroatoms. The summed E-state index contributed by atoms with van der Waals surface area (Å²) < 4.78 is 11.1. The average molecular weight is 377 g/mol. The van der Waals surface area contributed by atoms with E-state index in [-0.39, 0.29) is 36.5 Å². The number of hydrogen-bond donors (Lipinski definition) is 2. The van der Waals surface area contributed by atoms with E-state index in [1.54, 1.807) is 0 Å². The lowest BCUT2D eigenvalue weighted by Crippen LogP contribution is -2.48. The Hall–Kier alpha value is -2.28. The Labute approximate surface area is 161 Å².